The molecule has 12 heavy (non-hydrogen) atoms. The van der Waals surface area contributed by atoms with Gasteiger partial charge in [0.25, 0.3) is 0 Å². The molecular formula is C9H17NO2. The second-order valence-electron chi connectivity index (χ2n) is 3.29. The lowest BCUT2D eigenvalue weighted by Crippen LogP contribution is -2.29. The Morgan fingerprint density at radius 1 is 1.50 bits per heavy atom. The molecule has 0 saturated carbocycles. The molecule has 0 bridgehead atoms. The first-order valence-electron chi connectivity index (χ1n) is 4.42. The van der Waals surface area contributed by atoms with Crippen molar-refractivity contribution >= 4 is 0 Å². The van der Waals surface area contributed by atoms with E-state index in [-0.39, 0.29) is 0 Å². The Balaban J connectivity index is 2.36. The lowest BCUT2D eigenvalue weighted by Gasteiger charge is -2.23. The first kappa shape index (κ1) is 9.71. The molecule has 3 nitrogen and oxygen atoms in total. The molecule has 0 fully saturated rings. The van der Waals surface area contributed by atoms with Crippen LogP contribution >= 0.6 is 0 Å². The molecule has 1 rings (SSSR count). The monoisotopic (exact) mass is 171 g/mol. The normalized spacial score (nSPS) is 30.1. The van der Waals surface area contributed by atoms with Gasteiger partial charge in [-0.05, 0) is 32.9 Å². The number of rotatable bonds is 3. The minimum absolute atomic E-state index is 0.552. The summed E-state index contributed by atoms with van der Waals surface area (Å²) in [5.41, 5.74) is 1.25. The molecule has 0 aromatic heterocycles. The van der Waals surface area contributed by atoms with Crippen molar-refractivity contribution in [2.24, 2.45) is 0 Å². The number of aliphatic hydroxyl groups is 2. The van der Waals surface area contributed by atoms with Gasteiger partial charge in [0.15, 0.2) is 0 Å². The molecule has 1 aliphatic rings. The van der Waals surface area contributed by atoms with Crippen molar-refractivity contribution in [2.75, 3.05) is 13.6 Å². The van der Waals surface area contributed by atoms with Crippen LogP contribution in [0.25, 0.3) is 0 Å². The highest BCUT2D eigenvalue weighted by atomic mass is 16.3. The van der Waals surface area contributed by atoms with Crippen LogP contribution < -0.4 is 5.32 Å². The third-order valence-corrected chi connectivity index (χ3v) is 2.26. The molecule has 0 aliphatic heterocycles. The number of aliphatic hydroxyl groups excluding tert-OH is 2. The zero-order valence-electron chi connectivity index (χ0n) is 7.45. The Bertz CT molecular complexity index is 168. The van der Waals surface area contributed by atoms with Crippen LogP contribution in [0, 0.1) is 0 Å². The van der Waals surface area contributed by atoms with Crippen LogP contribution in [0.3, 0.4) is 0 Å². The van der Waals surface area contributed by atoms with Gasteiger partial charge >= 0.3 is 0 Å². The zero-order valence-corrected chi connectivity index (χ0v) is 7.45. The van der Waals surface area contributed by atoms with E-state index >= 15 is 0 Å². The Morgan fingerprint density at radius 3 is 2.83 bits per heavy atom. The first-order valence-corrected chi connectivity index (χ1v) is 4.42. The average Bonchev–Trinajstić information content (AvgIpc) is 2.07. The maximum absolute atomic E-state index is 9.34. The Hall–Kier alpha value is -0.380. The van der Waals surface area contributed by atoms with Crippen molar-refractivity contribution in [3.63, 3.8) is 0 Å². The van der Waals surface area contributed by atoms with E-state index in [1.54, 1.807) is 0 Å². The fourth-order valence-electron chi connectivity index (χ4n) is 1.42. The lowest BCUT2D eigenvalue weighted by atomic mass is 9.93. The van der Waals surface area contributed by atoms with Gasteiger partial charge < -0.3 is 15.5 Å². The van der Waals surface area contributed by atoms with Crippen molar-refractivity contribution in [2.45, 2.75) is 31.5 Å². The summed E-state index contributed by atoms with van der Waals surface area (Å²) in [6.07, 6.45) is 3.13. The van der Waals surface area contributed by atoms with Gasteiger partial charge in [0.05, 0.1) is 12.2 Å². The number of hydrogen-bond donors (Lipinski definition) is 3. The summed E-state index contributed by atoms with van der Waals surface area (Å²) in [5, 5.41) is 21.6. The van der Waals surface area contributed by atoms with E-state index in [1.165, 1.54) is 5.57 Å². The van der Waals surface area contributed by atoms with Crippen LogP contribution in [0.4, 0.5) is 0 Å². The molecule has 0 heterocycles. The zero-order chi connectivity index (χ0) is 8.97. The van der Waals surface area contributed by atoms with Crippen molar-refractivity contribution in [1.29, 1.82) is 0 Å². The maximum atomic E-state index is 9.34. The molecule has 0 spiro atoms. The third-order valence-electron chi connectivity index (χ3n) is 2.26. The summed E-state index contributed by atoms with van der Waals surface area (Å²) in [6.45, 7) is 0.939. The smallest absolute Gasteiger partial charge is 0.0839 e. The molecule has 0 aromatic rings. The van der Waals surface area contributed by atoms with Gasteiger partial charge in [0.2, 0.25) is 0 Å². The van der Waals surface area contributed by atoms with Crippen molar-refractivity contribution in [3.8, 4) is 0 Å². The molecule has 1 aliphatic carbocycles. The second-order valence-corrected chi connectivity index (χ2v) is 3.29. The summed E-state index contributed by atoms with van der Waals surface area (Å²) in [7, 11) is 1.91. The summed E-state index contributed by atoms with van der Waals surface area (Å²) in [4.78, 5) is 0. The first-order chi connectivity index (χ1) is 5.74. The molecule has 0 saturated heterocycles. The SMILES string of the molecule is CNCCC1=CCC(O)C(O)C1. The Labute approximate surface area is 73.1 Å². The van der Waals surface area contributed by atoms with Gasteiger partial charge in [-0.25, -0.2) is 0 Å². The molecule has 70 valence electrons. The number of hydrogen-bond acceptors (Lipinski definition) is 3. The molecule has 3 N–H and O–H groups in total. The van der Waals surface area contributed by atoms with Crippen LogP contribution in [-0.4, -0.2) is 36.0 Å². The van der Waals surface area contributed by atoms with Gasteiger partial charge in [-0.15, -0.1) is 0 Å². The summed E-state index contributed by atoms with van der Waals surface area (Å²) in [6, 6.07) is 0. The second kappa shape index (κ2) is 4.60. The minimum Gasteiger partial charge on any atom is -0.390 e. The van der Waals surface area contributed by atoms with E-state index in [1.807, 2.05) is 13.1 Å². The topological polar surface area (TPSA) is 52.5 Å². The summed E-state index contributed by atoms with van der Waals surface area (Å²) in [5.74, 6) is 0. The third kappa shape index (κ3) is 2.59. The molecule has 2 unspecified atom stereocenters. The van der Waals surface area contributed by atoms with E-state index in [0.29, 0.717) is 12.8 Å². The van der Waals surface area contributed by atoms with Crippen molar-refractivity contribution in [1.82, 2.24) is 5.32 Å². The van der Waals surface area contributed by atoms with Crippen LogP contribution in [0.5, 0.6) is 0 Å². The lowest BCUT2D eigenvalue weighted by molar-refractivity contribution is 0.0163. The fourth-order valence-corrected chi connectivity index (χ4v) is 1.42. The van der Waals surface area contributed by atoms with E-state index in [4.69, 9.17) is 0 Å². The number of nitrogens with one attached hydrogen (secondary N) is 1. The largest absolute Gasteiger partial charge is 0.390 e. The fraction of sp³-hybridized carbons (Fsp3) is 0.778. The highest BCUT2D eigenvalue weighted by Crippen LogP contribution is 2.20. The van der Waals surface area contributed by atoms with Gasteiger partial charge in [-0.3, -0.25) is 0 Å². The summed E-state index contributed by atoms with van der Waals surface area (Å²) >= 11 is 0. The van der Waals surface area contributed by atoms with Gasteiger partial charge in [-0.1, -0.05) is 11.6 Å². The standard InChI is InChI=1S/C9H17NO2/c1-10-5-4-7-2-3-8(11)9(12)6-7/h2,8-12H,3-6H2,1H3. The summed E-state index contributed by atoms with van der Waals surface area (Å²) < 4.78 is 0. The van der Waals surface area contributed by atoms with Gasteiger partial charge in [-0.2, -0.15) is 0 Å². The molecule has 0 aromatic carbocycles. The van der Waals surface area contributed by atoms with E-state index in [2.05, 4.69) is 5.32 Å². The Morgan fingerprint density at radius 2 is 2.25 bits per heavy atom. The van der Waals surface area contributed by atoms with Crippen LogP contribution in [0.15, 0.2) is 11.6 Å². The predicted molar refractivity (Wildman–Crippen MR) is 47.9 cm³/mol. The Kier molecular flexibility index (Phi) is 3.72. The van der Waals surface area contributed by atoms with Gasteiger partial charge in [0.1, 0.15) is 0 Å². The highest BCUT2D eigenvalue weighted by molar-refractivity contribution is 5.09. The van der Waals surface area contributed by atoms with E-state index < -0.39 is 12.2 Å². The maximum Gasteiger partial charge on any atom is 0.0839 e. The van der Waals surface area contributed by atoms with Crippen molar-refractivity contribution in [3.05, 3.63) is 11.6 Å². The highest BCUT2D eigenvalue weighted by Gasteiger charge is 2.20. The van der Waals surface area contributed by atoms with Crippen LogP contribution in [-0.2, 0) is 0 Å². The average molecular weight is 171 g/mol. The van der Waals surface area contributed by atoms with E-state index in [9.17, 15) is 10.2 Å². The quantitative estimate of drug-likeness (QED) is 0.525. The molecule has 0 radical (unpaired) electrons. The predicted octanol–water partition coefficient (Wildman–Crippen LogP) is 0.0379. The van der Waals surface area contributed by atoms with Crippen LogP contribution in [0.2, 0.25) is 0 Å². The van der Waals surface area contributed by atoms with E-state index in [0.717, 1.165) is 13.0 Å². The minimum atomic E-state index is -0.554. The van der Waals surface area contributed by atoms with Crippen LogP contribution in [0.1, 0.15) is 19.3 Å². The molecule has 0 amide bonds. The molecular weight excluding hydrogens is 154 g/mol. The van der Waals surface area contributed by atoms with Gasteiger partial charge in [0, 0.05) is 0 Å². The molecule has 2 atom stereocenters. The molecule has 3 heteroatoms. The van der Waals surface area contributed by atoms with Crippen molar-refractivity contribution < 1.29 is 10.2 Å².